The number of hydrogen-bond acceptors (Lipinski definition) is 7. The second-order valence-electron chi connectivity index (χ2n) is 1.47. The molecule has 0 radical (unpaired) electrons. The highest BCUT2D eigenvalue weighted by atomic mass is 17.3. The van der Waals surface area contributed by atoms with Gasteiger partial charge in [0.2, 0.25) is 0 Å². The van der Waals surface area contributed by atoms with Crippen LogP contribution in [0, 0.1) is 15.6 Å². The predicted molar refractivity (Wildman–Crippen MR) is 37.3 cm³/mol. The Hall–Kier alpha value is -2.23. The summed E-state index contributed by atoms with van der Waals surface area (Å²) in [6, 6.07) is 0. The third-order valence-electron chi connectivity index (χ3n) is 0.473. The summed E-state index contributed by atoms with van der Waals surface area (Å²) in [4.78, 5) is 10.4. The van der Waals surface area contributed by atoms with E-state index in [-0.39, 0.29) is 5.39 Å². The first-order valence-electron chi connectivity index (χ1n) is 2.59. The van der Waals surface area contributed by atoms with Crippen molar-refractivity contribution in [3.05, 3.63) is 15.6 Å². The monoisotopic (exact) mass is 194 g/mol. The lowest BCUT2D eigenvalue weighted by Gasteiger charge is -2.23. The molecule has 0 rings (SSSR count). The molecule has 0 aromatic rings. The molecule has 0 saturated carbocycles. The van der Waals surface area contributed by atoms with Gasteiger partial charge in [0, 0.05) is 14.7 Å². The zero-order valence-corrected chi connectivity index (χ0v) is 6.36. The van der Waals surface area contributed by atoms with Gasteiger partial charge in [-0.3, -0.25) is 30.4 Å². The summed E-state index contributed by atoms with van der Waals surface area (Å²) < 4.78 is 0. The van der Waals surface area contributed by atoms with E-state index in [4.69, 9.17) is 0 Å². The van der Waals surface area contributed by atoms with Crippen molar-refractivity contribution in [3.63, 3.8) is 0 Å². The molecule has 0 fully saturated rings. The molecule has 0 aliphatic heterocycles. The van der Waals surface area contributed by atoms with Crippen LogP contribution in [0.1, 0.15) is 0 Å². The van der Waals surface area contributed by atoms with Crippen LogP contribution in [0.25, 0.3) is 0 Å². The smallest absolute Gasteiger partial charge is 0.199 e. The van der Waals surface area contributed by atoms with Gasteiger partial charge in [-0.25, -0.2) is 0 Å². The third-order valence-corrected chi connectivity index (χ3v) is 0.473. The van der Waals surface area contributed by atoms with E-state index in [9.17, 15) is 15.6 Å². The molecule has 0 unspecified atom stereocenters. The topological polar surface area (TPSA) is 109 Å². The molecule has 0 aromatic carbocycles. The molecule has 74 valence electrons. The molecule has 0 saturated heterocycles. The van der Waals surface area contributed by atoms with E-state index in [1.807, 2.05) is 0 Å². The number of nitrogens with zero attached hydrogens (tertiary/aromatic N) is 4. The number of rotatable bonds is 6. The Bertz CT molecular complexity index is 190. The molecule has 0 aliphatic rings. The normalized spacial score (nSPS) is 9.00. The Kier molecular flexibility index (Phi) is 3.82. The fraction of sp³-hybridized carbons (Fsp3) is 0. The van der Waals surface area contributed by atoms with Crippen LogP contribution in [-0.4, -0.2) is 40.2 Å². The van der Waals surface area contributed by atoms with Gasteiger partial charge in [0.25, 0.3) is 0 Å². The first-order chi connectivity index (χ1) is 5.91. The van der Waals surface area contributed by atoms with Crippen molar-refractivity contribution < 1.29 is 29.5 Å². The predicted octanol–water partition coefficient (Wildman–Crippen LogP) is -1.54. The lowest BCUT2D eigenvalue weighted by Crippen LogP contribution is -2.32. The maximum Gasteiger partial charge on any atom is 0.199 e. The van der Waals surface area contributed by atoms with Crippen LogP contribution in [-0.2, 0) is 14.8 Å². The van der Waals surface area contributed by atoms with Gasteiger partial charge in [-0.2, -0.15) is 0 Å². The van der Waals surface area contributed by atoms with Crippen LogP contribution in [0.4, 0.5) is 0 Å². The van der Waals surface area contributed by atoms with Crippen LogP contribution < -0.4 is 0 Å². The lowest BCUT2D eigenvalue weighted by atomic mass is 11.7. The van der Waals surface area contributed by atoms with Gasteiger partial charge in [0.05, 0.1) is 5.39 Å². The van der Waals surface area contributed by atoms with Crippen molar-refractivity contribution in [3.8, 4) is 0 Å². The molecule has 10 nitrogen and oxygen atoms in total. The Balaban J connectivity index is 4.10. The van der Waals surface area contributed by atoms with E-state index < -0.39 is 14.7 Å². The Labute approximate surface area is 71.9 Å². The molecule has 0 aromatic heterocycles. The molecular formula is C3H6N4O6. The SMILES string of the molecule is C=[N+]([O-])ON(O[N+](=C)[O-])O[N+](=C)[O-]. The minimum atomic E-state index is -0.396. The molecule has 0 aliphatic carbocycles. The zero-order chi connectivity index (χ0) is 10.4. The van der Waals surface area contributed by atoms with E-state index >= 15 is 0 Å². The average Bonchev–Trinajstić information content (AvgIpc) is 1.80. The molecule has 10 heteroatoms. The largest absolute Gasteiger partial charge is 0.283 e. The van der Waals surface area contributed by atoms with E-state index in [1.54, 1.807) is 0 Å². The Morgan fingerprint density at radius 1 is 0.769 bits per heavy atom. The van der Waals surface area contributed by atoms with Crippen LogP contribution in [0.3, 0.4) is 0 Å². The molecular weight excluding hydrogens is 188 g/mol. The first kappa shape index (κ1) is 10.8. The van der Waals surface area contributed by atoms with Gasteiger partial charge in [-0.1, -0.05) is 0 Å². The maximum atomic E-state index is 10.1. The quantitative estimate of drug-likeness (QED) is 0.286. The van der Waals surface area contributed by atoms with Crippen LogP contribution in [0.5, 0.6) is 0 Å². The van der Waals surface area contributed by atoms with E-state index in [0.29, 0.717) is 0 Å². The lowest BCUT2D eigenvalue weighted by molar-refractivity contribution is -1.01. The average molecular weight is 194 g/mol. The van der Waals surface area contributed by atoms with Crippen molar-refractivity contribution in [1.29, 1.82) is 0 Å². The highest BCUT2D eigenvalue weighted by Crippen LogP contribution is 1.93. The molecule has 0 bridgehead atoms. The van der Waals surface area contributed by atoms with Crippen LogP contribution in [0.15, 0.2) is 0 Å². The first-order valence-corrected chi connectivity index (χ1v) is 2.59. The summed E-state index contributed by atoms with van der Waals surface area (Å²) in [5.74, 6) is 0. The summed E-state index contributed by atoms with van der Waals surface area (Å²) in [7, 11) is 0. The fourth-order valence-corrected chi connectivity index (χ4v) is 0.268. The molecule has 0 spiro atoms. The van der Waals surface area contributed by atoms with Crippen molar-refractivity contribution >= 4 is 20.2 Å². The summed E-state index contributed by atoms with van der Waals surface area (Å²) in [6.45, 7) is 7.99. The van der Waals surface area contributed by atoms with Gasteiger partial charge in [0.15, 0.2) is 20.2 Å². The summed E-state index contributed by atoms with van der Waals surface area (Å²) in [5, 5.41) is 30.1. The van der Waals surface area contributed by atoms with Gasteiger partial charge >= 0.3 is 0 Å². The number of hydrogen-bond donors (Lipinski definition) is 0. The van der Waals surface area contributed by atoms with E-state index in [0.717, 1.165) is 0 Å². The summed E-state index contributed by atoms with van der Waals surface area (Å²) in [6.07, 6.45) is 0. The van der Waals surface area contributed by atoms with Gasteiger partial charge in [0.1, 0.15) is 0 Å². The van der Waals surface area contributed by atoms with Crippen molar-refractivity contribution in [2.45, 2.75) is 0 Å². The maximum absolute atomic E-state index is 10.1. The van der Waals surface area contributed by atoms with Crippen molar-refractivity contribution in [1.82, 2.24) is 5.39 Å². The molecule has 0 amide bonds. The summed E-state index contributed by atoms with van der Waals surface area (Å²) >= 11 is 0. The van der Waals surface area contributed by atoms with Crippen LogP contribution >= 0.6 is 0 Å². The zero-order valence-electron chi connectivity index (χ0n) is 6.36. The highest BCUT2D eigenvalue weighted by molar-refractivity contribution is 5.14. The van der Waals surface area contributed by atoms with Gasteiger partial charge in [-0.05, 0) is 0 Å². The van der Waals surface area contributed by atoms with Gasteiger partial charge in [-0.15, -0.1) is 0 Å². The molecule has 13 heavy (non-hydrogen) atoms. The minimum Gasteiger partial charge on any atom is -0.283 e. The Morgan fingerprint density at radius 2 is 1.00 bits per heavy atom. The van der Waals surface area contributed by atoms with Crippen molar-refractivity contribution in [2.24, 2.45) is 0 Å². The second-order valence-corrected chi connectivity index (χ2v) is 1.47. The Morgan fingerprint density at radius 3 is 1.15 bits per heavy atom. The third kappa shape index (κ3) is 6.18. The minimum absolute atomic E-state index is 0.250. The highest BCUT2D eigenvalue weighted by Gasteiger charge is 2.04. The van der Waals surface area contributed by atoms with Crippen molar-refractivity contribution in [2.75, 3.05) is 0 Å². The van der Waals surface area contributed by atoms with Gasteiger partial charge < -0.3 is 0 Å². The van der Waals surface area contributed by atoms with E-state index in [1.165, 1.54) is 0 Å². The second kappa shape index (κ2) is 4.61. The summed E-state index contributed by atoms with van der Waals surface area (Å²) in [5.41, 5.74) is 0. The van der Waals surface area contributed by atoms with Crippen LogP contribution in [0.2, 0.25) is 0 Å². The van der Waals surface area contributed by atoms with E-state index in [2.05, 4.69) is 35.0 Å². The standard InChI is InChI=1S/C3H6N4O6/c1-4(8)11-7(12-5(2)9)13-6(3)10/h1-3H2. The molecule has 0 N–H and O–H groups in total. The molecule has 0 atom stereocenters. The fourth-order valence-electron chi connectivity index (χ4n) is 0.268. The molecule has 0 heterocycles.